The average molecular weight is 234 g/mol. The van der Waals surface area contributed by atoms with Crippen molar-refractivity contribution in [2.45, 2.75) is 46.6 Å². The van der Waals surface area contributed by atoms with Gasteiger partial charge in [-0.15, -0.1) is 0 Å². The van der Waals surface area contributed by atoms with Crippen molar-refractivity contribution >= 4 is 0 Å². The monoisotopic (exact) mass is 234 g/mol. The lowest BCUT2D eigenvalue weighted by atomic mass is 9.88. The molecule has 0 saturated carbocycles. The third-order valence-electron chi connectivity index (χ3n) is 2.99. The second-order valence-electron chi connectivity index (χ2n) is 5.37. The normalized spacial score (nSPS) is 13.4. The van der Waals surface area contributed by atoms with Crippen LogP contribution in [0.2, 0.25) is 0 Å². The van der Waals surface area contributed by atoms with Crippen LogP contribution in [-0.2, 0) is 0 Å². The topological polar surface area (TPSA) is 49.0 Å². The lowest BCUT2D eigenvalue weighted by molar-refractivity contribution is 0.293. The first kappa shape index (κ1) is 13.8. The minimum Gasteiger partial charge on any atom is -0.465 e. The SMILES string of the molecule is Cc1ccc(C(C)NCC(C)(C)CCC#N)o1. The first-order valence-corrected chi connectivity index (χ1v) is 6.11. The molecule has 0 aromatic carbocycles. The molecule has 0 radical (unpaired) electrons. The van der Waals surface area contributed by atoms with Crippen molar-refractivity contribution in [3.63, 3.8) is 0 Å². The molecule has 1 heterocycles. The number of furan rings is 1. The van der Waals surface area contributed by atoms with E-state index in [2.05, 4.69) is 32.2 Å². The van der Waals surface area contributed by atoms with Gasteiger partial charge >= 0.3 is 0 Å². The highest BCUT2D eigenvalue weighted by Crippen LogP contribution is 2.23. The third kappa shape index (κ3) is 4.62. The van der Waals surface area contributed by atoms with E-state index in [9.17, 15) is 0 Å². The van der Waals surface area contributed by atoms with Gasteiger partial charge in [-0.25, -0.2) is 0 Å². The molecule has 1 aromatic rings. The highest BCUT2D eigenvalue weighted by atomic mass is 16.3. The fraction of sp³-hybridized carbons (Fsp3) is 0.643. The zero-order chi connectivity index (χ0) is 12.9. The van der Waals surface area contributed by atoms with Crippen LogP contribution in [0.3, 0.4) is 0 Å². The fourth-order valence-corrected chi connectivity index (χ4v) is 1.70. The lowest BCUT2D eigenvalue weighted by Gasteiger charge is -2.25. The Kier molecular flexibility index (Phi) is 4.77. The van der Waals surface area contributed by atoms with Crippen LogP contribution in [0.1, 0.15) is 51.2 Å². The maximum atomic E-state index is 8.60. The Morgan fingerprint density at radius 1 is 1.47 bits per heavy atom. The Balaban J connectivity index is 2.42. The summed E-state index contributed by atoms with van der Waals surface area (Å²) in [5.41, 5.74) is 0.144. The smallest absolute Gasteiger partial charge is 0.120 e. The van der Waals surface area contributed by atoms with Crippen molar-refractivity contribution in [3.05, 3.63) is 23.7 Å². The number of nitriles is 1. The molecule has 1 atom stereocenters. The minimum absolute atomic E-state index is 0.144. The van der Waals surface area contributed by atoms with Gasteiger partial charge in [0.15, 0.2) is 0 Å². The van der Waals surface area contributed by atoms with Gasteiger partial charge in [0, 0.05) is 13.0 Å². The summed E-state index contributed by atoms with van der Waals surface area (Å²) >= 11 is 0. The molecule has 17 heavy (non-hydrogen) atoms. The minimum atomic E-state index is 0.144. The number of hydrogen-bond acceptors (Lipinski definition) is 3. The maximum Gasteiger partial charge on any atom is 0.120 e. The highest BCUT2D eigenvalue weighted by Gasteiger charge is 2.19. The maximum absolute atomic E-state index is 8.60. The van der Waals surface area contributed by atoms with E-state index >= 15 is 0 Å². The Hall–Kier alpha value is -1.27. The molecule has 1 unspecified atom stereocenters. The summed E-state index contributed by atoms with van der Waals surface area (Å²) in [5, 5.41) is 12.1. The van der Waals surface area contributed by atoms with Gasteiger partial charge in [-0.1, -0.05) is 13.8 Å². The van der Waals surface area contributed by atoms with Crippen LogP contribution < -0.4 is 5.32 Å². The summed E-state index contributed by atoms with van der Waals surface area (Å²) in [6.45, 7) is 9.29. The molecular formula is C14H22N2O. The molecule has 1 N–H and O–H groups in total. The third-order valence-corrected chi connectivity index (χ3v) is 2.99. The van der Waals surface area contributed by atoms with Gasteiger partial charge in [-0.05, 0) is 37.8 Å². The Labute approximate surface area is 104 Å². The standard InChI is InChI=1S/C14H22N2O/c1-11-6-7-13(17-11)12(2)16-10-14(3,4)8-5-9-15/h6-7,12,16H,5,8,10H2,1-4H3. The lowest BCUT2D eigenvalue weighted by Crippen LogP contribution is -2.31. The summed E-state index contributed by atoms with van der Waals surface area (Å²) in [6.07, 6.45) is 1.53. The van der Waals surface area contributed by atoms with Crippen molar-refractivity contribution in [1.29, 1.82) is 5.26 Å². The van der Waals surface area contributed by atoms with E-state index in [1.165, 1.54) is 0 Å². The fourth-order valence-electron chi connectivity index (χ4n) is 1.70. The van der Waals surface area contributed by atoms with Crippen molar-refractivity contribution < 1.29 is 4.42 Å². The molecule has 0 aliphatic heterocycles. The number of rotatable bonds is 6. The first-order valence-electron chi connectivity index (χ1n) is 6.11. The number of hydrogen-bond donors (Lipinski definition) is 1. The number of aryl methyl sites for hydroxylation is 1. The first-order chi connectivity index (χ1) is 7.94. The zero-order valence-corrected chi connectivity index (χ0v) is 11.2. The van der Waals surface area contributed by atoms with E-state index in [1.54, 1.807) is 0 Å². The van der Waals surface area contributed by atoms with Crippen LogP contribution in [0.15, 0.2) is 16.5 Å². The van der Waals surface area contributed by atoms with E-state index in [-0.39, 0.29) is 11.5 Å². The van der Waals surface area contributed by atoms with E-state index in [1.807, 2.05) is 19.1 Å². The summed E-state index contributed by atoms with van der Waals surface area (Å²) in [5.74, 6) is 1.91. The van der Waals surface area contributed by atoms with Gasteiger partial charge in [0.2, 0.25) is 0 Å². The molecular weight excluding hydrogens is 212 g/mol. The second-order valence-corrected chi connectivity index (χ2v) is 5.37. The molecule has 1 aromatic heterocycles. The molecule has 94 valence electrons. The van der Waals surface area contributed by atoms with E-state index < -0.39 is 0 Å². The van der Waals surface area contributed by atoms with Gasteiger partial charge in [-0.2, -0.15) is 5.26 Å². The van der Waals surface area contributed by atoms with Crippen molar-refractivity contribution in [3.8, 4) is 6.07 Å². The van der Waals surface area contributed by atoms with Crippen molar-refractivity contribution in [2.75, 3.05) is 6.54 Å². The Morgan fingerprint density at radius 2 is 2.18 bits per heavy atom. The van der Waals surface area contributed by atoms with Crippen molar-refractivity contribution in [2.24, 2.45) is 5.41 Å². The molecule has 1 rings (SSSR count). The zero-order valence-electron chi connectivity index (χ0n) is 11.2. The Morgan fingerprint density at radius 3 is 2.71 bits per heavy atom. The van der Waals surface area contributed by atoms with Gasteiger partial charge in [0.05, 0.1) is 12.1 Å². The molecule has 0 saturated heterocycles. The summed E-state index contributed by atoms with van der Waals surface area (Å²) in [7, 11) is 0. The van der Waals surface area contributed by atoms with Gasteiger partial charge in [-0.3, -0.25) is 0 Å². The van der Waals surface area contributed by atoms with Crippen LogP contribution in [0.4, 0.5) is 0 Å². The summed E-state index contributed by atoms with van der Waals surface area (Å²) in [6, 6.07) is 6.40. The second kappa shape index (κ2) is 5.88. The number of nitrogens with one attached hydrogen (secondary N) is 1. The van der Waals surface area contributed by atoms with Crippen LogP contribution >= 0.6 is 0 Å². The molecule has 3 nitrogen and oxygen atoms in total. The average Bonchev–Trinajstić information content (AvgIpc) is 2.70. The predicted molar refractivity (Wildman–Crippen MR) is 68.5 cm³/mol. The van der Waals surface area contributed by atoms with Gasteiger partial charge in [0.25, 0.3) is 0 Å². The van der Waals surface area contributed by atoms with Crippen LogP contribution in [0.25, 0.3) is 0 Å². The predicted octanol–water partition coefficient (Wildman–Crippen LogP) is 3.57. The van der Waals surface area contributed by atoms with Gasteiger partial charge in [0.1, 0.15) is 11.5 Å². The van der Waals surface area contributed by atoms with E-state index in [0.29, 0.717) is 6.42 Å². The summed E-state index contributed by atoms with van der Waals surface area (Å²) < 4.78 is 5.58. The molecule has 3 heteroatoms. The molecule has 0 aliphatic rings. The van der Waals surface area contributed by atoms with Crippen LogP contribution in [-0.4, -0.2) is 6.54 Å². The van der Waals surface area contributed by atoms with Crippen LogP contribution in [0.5, 0.6) is 0 Å². The van der Waals surface area contributed by atoms with Gasteiger partial charge < -0.3 is 9.73 Å². The number of nitrogens with zero attached hydrogens (tertiary/aromatic N) is 1. The molecule has 0 amide bonds. The van der Waals surface area contributed by atoms with E-state index in [4.69, 9.17) is 9.68 Å². The summed E-state index contributed by atoms with van der Waals surface area (Å²) in [4.78, 5) is 0. The molecule has 0 fully saturated rings. The quantitative estimate of drug-likeness (QED) is 0.818. The van der Waals surface area contributed by atoms with Crippen LogP contribution in [0, 0.1) is 23.7 Å². The Bertz CT molecular complexity index is 387. The van der Waals surface area contributed by atoms with E-state index in [0.717, 1.165) is 24.5 Å². The molecule has 0 aliphatic carbocycles. The largest absolute Gasteiger partial charge is 0.465 e. The molecule has 0 spiro atoms. The highest BCUT2D eigenvalue weighted by molar-refractivity contribution is 5.08. The molecule has 0 bridgehead atoms. The van der Waals surface area contributed by atoms with Crippen molar-refractivity contribution in [1.82, 2.24) is 5.32 Å².